The molecule has 1 heterocycles. The zero-order valence-corrected chi connectivity index (χ0v) is 15.8. The first kappa shape index (κ1) is 19.8. The van der Waals surface area contributed by atoms with E-state index in [0.29, 0.717) is 30.3 Å². The summed E-state index contributed by atoms with van der Waals surface area (Å²) in [5.41, 5.74) is 0.599. The summed E-state index contributed by atoms with van der Waals surface area (Å²) < 4.78 is 42.8. The molecule has 2 aromatic rings. The van der Waals surface area contributed by atoms with Gasteiger partial charge in [0.2, 0.25) is 5.90 Å². The van der Waals surface area contributed by atoms with Crippen LogP contribution in [-0.4, -0.2) is 25.1 Å². The smallest absolute Gasteiger partial charge is 0.363 e. The quantitative estimate of drug-likeness (QED) is 0.393. The maximum absolute atomic E-state index is 13.5. The minimum absolute atomic E-state index is 0.0117. The van der Waals surface area contributed by atoms with Crippen LogP contribution < -0.4 is 9.47 Å². The minimum Gasteiger partial charge on any atom is -0.490 e. The van der Waals surface area contributed by atoms with Crippen LogP contribution in [0, 0.1) is 11.6 Å². The van der Waals surface area contributed by atoms with Crippen LogP contribution in [0.25, 0.3) is 6.08 Å². The van der Waals surface area contributed by atoms with Crippen molar-refractivity contribution in [2.75, 3.05) is 13.2 Å². The summed E-state index contributed by atoms with van der Waals surface area (Å²) in [6, 6.07) is 6.78. The molecular weight excluding hydrogens is 392 g/mol. The predicted octanol–water partition coefficient (Wildman–Crippen LogP) is 4.76. The molecule has 5 nitrogen and oxygen atoms in total. The summed E-state index contributed by atoms with van der Waals surface area (Å²) >= 11 is 5.91. The number of halogens is 3. The molecule has 1 aliphatic rings. The molecule has 2 aromatic carbocycles. The fourth-order valence-corrected chi connectivity index (χ4v) is 2.76. The standard InChI is InChI=1S/C20H16ClF2NO4/c1-3-26-17-6-5-11(8-18(17)27-4-2)7-16-20(25)28-19(24-16)12-9-14(22)15(23)10-13(12)21/h5-10H,3-4H2,1-2H3/b16-7-. The Morgan fingerprint density at radius 3 is 2.46 bits per heavy atom. The average Bonchev–Trinajstić information content (AvgIpc) is 3.01. The lowest BCUT2D eigenvalue weighted by atomic mass is 10.1. The third kappa shape index (κ3) is 4.14. The van der Waals surface area contributed by atoms with E-state index in [1.165, 1.54) is 6.08 Å². The molecule has 1 aliphatic heterocycles. The topological polar surface area (TPSA) is 57.1 Å². The first-order chi connectivity index (χ1) is 13.4. The lowest BCUT2D eigenvalue weighted by Crippen LogP contribution is -2.07. The van der Waals surface area contributed by atoms with E-state index in [1.54, 1.807) is 18.2 Å². The van der Waals surface area contributed by atoms with Gasteiger partial charge in [-0.1, -0.05) is 17.7 Å². The van der Waals surface area contributed by atoms with Gasteiger partial charge in [0.15, 0.2) is 28.8 Å². The van der Waals surface area contributed by atoms with Crippen LogP contribution in [0.5, 0.6) is 11.5 Å². The lowest BCUT2D eigenvalue weighted by Gasteiger charge is -2.11. The lowest BCUT2D eigenvalue weighted by molar-refractivity contribution is -0.129. The van der Waals surface area contributed by atoms with Crippen LogP contribution in [0.1, 0.15) is 25.0 Å². The van der Waals surface area contributed by atoms with Gasteiger partial charge in [-0.05, 0) is 49.8 Å². The first-order valence-electron chi connectivity index (χ1n) is 8.50. The van der Waals surface area contributed by atoms with E-state index >= 15 is 0 Å². The third-order valence-corrected chi connectivity index (χ3v) is 4.04. The van der Waals surface area contributed by atoms with Gasteiger partial charge < -0.3 is 14.2 Å². The number of esters is 1. The van der Waals surface area contributed by atoms with E-state index in [4.69, 9.17) is 25.8 Å². The Labute approximate surface area is 165 Å². The minimum atomic E-state index is -1.12. The zero-order valence-electron chi connectivity index (χ0n) is 15.1. The van der Waals surface area contributed by atoms with Gasteiger partial charge in [-0.3, -0.25) is 0 Å². The second-order valence-corrected chi connectivity index (χ2v) is 6.06. The average molecular weight is 408 g/mol. The van der Waals surface area contributed by atoms with Crippen molar-refractivity contribution in [1.82, 2.24) is 0 Å². The van der Waals surface area contributed by atoms with Crippen LogP contribution in [0.2, 0.25) is 5.02 Å². The Hall–Kier alpha value is -2.93. The van der Waals surface area contributed by atoms with E-state index in [1.807, 2.05) is 13.8 Å². The highest BCUT2D eigenvalue weighted by Gasteiger charge is 2.27. The second kappa shape index (κ2) is 8.39. The van der Waals surface area contributed by atoms with Crippen molar-refractivity contribution in [2.24, 2.45) is 4.99 Å². The largest absolute Gasteiger partial charge is 0.490 e. The van der Waals surface area contributed by atoms with Crippen molar-refractivity contribution in [2.45, 2.75) is 13.8 Å². The van der Waals surface area contributed by atoms with Crippen molar-refractivity contribution in [1.29, 1.82) is 0 Å². The molecule has 0 radical (unpaired) electrons. The monoisotopic (exact) mass is 407 g/mol. The maximum Gasteiger partial charge on any atom is 0.363 e. The molecule has 0 N–H and O–H groups in total. The number of hydrogen-bond acceptors (Lipinski definition) is 5. The molecule has 0 fully saturated rings. The normalized spacial score (nSPS) is 14.8. The molecule has 0 atom stereocenters. The number of carbonyl (C=O) groups is 1. The molecule has 0 saturated heterocycles. The summed E-state index contributed by atoms with van der Waals surface area (Å²) in [6.07, 6.45) is 1.49. The van der Waals surface area contributed by atoms with Gasteiger partial charge in [0.05, 0.1) is 23.8 Å². The first-order valence-corrected chi connectivity index (χ1v) is 8.87. The fraction of sp³-hybridized carbons (Fsp3) is 0.200. The van der Waals surface area contributed by atoms with Crippen LogP contribution in [-0.2, 0) is 9.53 Å². The van der Waals surface area contributed by atoms with E-state index in [-0.39, 0.29) is 22.2 Å². The molecule has 146 valence electrons. The second-order valence-electron chi connectivity index (χ2n) is 5.65. The number of benzene rings is 2. The van der Waals surface area contributed by atoms with E-state index < -0.39 is 17.6 Å². The van der Waals surface area contributed by atoms with E-state index in [9.17, 15) is 13.6 Å². The molecule has 0 unspecified atom stereocenters. The molecule has 0 amide bonds. The molecular formula is C20H16ClF2NO4. The number of rotatable bonds is 6. The molecule has 3 rings (SSSR count). The van der Waals surface area contributed by atoms with Crippen LogP contribution >= 0.6 is 11.6 Å². The SMILES string of the molecule is CCOc1ccc(/C=C2\N=C(c3cc(F)c(F)cc3Cl)OC2=O)cc1OCC. The highest BCUT2D eigenvalue weighted by atomic mass is 35.5. The maximum atomic E-state index is 13.5. The summed E-state index contributed by atoms with van der Waals surface area (Å²) in [6.45, 7) is 4.63. The number of cyclic esters (lactones) is 1. The Morgan fingerprint density at radius 2 is 1.75 bits per heavy atom. The molecule has 0 spiro atoms. The number of nitrogens with zero attached hydrogens (tertiary/aromatic N) is 1. The van der Waals surface area contributed by atoms with E-state index in [2.05, 4.69) is 4.99 Å². The van der Waals surface area contributed by atoms with E-state index in [0.717, 1.165) is 12.1 Å². The predicted molar refractivity (Wildman–Crippen MR) is 101 cm³/mol. The van der Waals surface area contributed by atoms with Gasteiger partial charge in [0.1, 0.15) is 0 Å². The molecule has 0 saturated carbocycles. The van der Waals surface area contributed by atoms with Crippen LogP contribution in [0.4, 0.5) is 8.78 Å². The van der Waals surface area contributed by atoms with Crippen molar-refractivity contribution < 1.29 is 27.8 Å². The molecule has 0 aromatic heterocycles. The van der Waals surface area contributed by atoms with Crippen molar-refractivity contribution >= 4 is 29.5 Å². The number of carbonyl (C=O) groups excluding carboxylic acids is 1. The Balaban J connectivity index is 1.95. The fourth-order valence-electron chi connectivity index (χ4n) is 2.53. The Bertz CT molecular complexity index is 988. The van der Waals surface area contributed by atoms with Gasteiger partial charge in [-0.2, -0.15) is 0 Å². The van der Waals surface area contributed by atoms with Crippen molar-refractivity contribution in [3.63, 3.8) is 0 Å². The van der Waals surface area contributed by atoms with Gasteiger partial charge in [0.25, 0.3) is 0 Å². The number of ether oxygens (including phenoxy) is 3. The highest BCUT2D eigenvalue weighted by Crippen LogP contribution is 2.31. The van der Waals surface area contributed by atoms with Crippen LogP contribution in [0.15, 0.2) is 41.0 Å². The highest BCUT2D eigenvalue weighted by molar-refractivity contribution is 6.34. The summed E-state index contributed by atoms with van der Waals surface area (Å²) in [7, 11) is 0. The molecule has 28 heavy (non-hydrogen) atoms. The summed E-state index contributed by atoms with van der Waals surface area (Å²) in [4.78, 5) is 16.2. The third-order valence-electron chi connectivity index (χ3n) is 3.73. The Morgan fingerprint density at radius 1 is 1.07 bits per heavy atom. The summed E-state index contributed by atoms with van der Waals surface area (Å²) in [5, 5.41) is -0.119. The van der Waals surface area contributed by atoms with Crippen molar-refractivity contribution in [3.05, 3.63) is 63.8 Å². The van der Waals surface area contributed by atoms with Gasteiger partial charge >= 0.3 is 5.97 Å². The molecule has 0 bridgehead atoms. The number of aliphatic imine (C=N–C) groups is 1. The number of hydrogen-bond donors (Lipinski definition) is 0. The van der Waals surface area contributed by atoms with Crippen molar-refractivity contribution in [3.8, 4) is 11.5 Å². The van der Waals surface area contributed by atoms with Gasteiger partial charge in [-0.25, -0.2) is 18.6 Å². The molecule has 8 heteroatoms. The van der Waals surface area contributed by atoms with Gasteiger partial charge in [-0.15, -0.1) is 0 Å². The zero-order chi connectivity index (χ0) is 20.3. The Kier molecular flexibility index (Phi) is 5.94. The molecule has 0 aliphatic carbocycles. The van der Waals surface area contributed by atoms with Crippen LogP contribution in [0.3, 0.4) is 0 Å². The summed E-state index contributed by atoms with van der Waals surface area (Å²) in [5.74, 6) is -2.05. The van der Waals surface area contributed by atoms with Gasteiger partial charge in [0, 0.05) is 0 Å².